The van der Waals surface area contributed by atoms with Crippen molar-refractivity contribution in [2.45, 2.75) is 31.4 Å². The molecule has 2 aliphatic rings. The summed E-state index contributed by atoms with van der Waals surface area (Å²) in [4.78, 5) is 11.9. The standard InChI is InChI=1S/C11H20N2O3.ClH/c1-11(2-4-12-5-3-11)13-10(14)9-8-15-6-7-16-9;/h9,12H,2-8H2,1H3,(H,13,14);1H. The van der Waals surface area contributed by atoms with Gasteiger partial charge in [-0.15, -0.1) is 12.4 Å². The fraction of sp³-hybridized carbons (Fsp3) is 0.909. The Morgan fingerprint density at radius 3 is 2.65 bits per heavy atom. The summed E-state index contributed by atoms with van der Waals surface area (Å²) in [6.45, 7) is 5.48. The molecule has 5 nitrogen and oxygen atoms in total. The molecule has 1 unspecified atom stereocenters. The van der Waals surface area contributed by atoms with Crippen molar-refractivity contribution < 1.29 is 14.3 Å². The number of hydrogen-bond donors (Lipinski definition) is 2. The van der Waals surface area contributed by atoms with Crippen LogP contribution in [0.15, 0.2) is 0 Å². The fourth-order valence-electron chi connectivity index (χ4n) is 2.12. The number of piperidine rings is 1. The molecular formula is C11H21ClN2O3. The van der Waals surface area contributed by atoms with Crippen LogP contribution in [0, 0.1) is 0 Å². The monoisotopic (exact) mass is 264 g/mol. The molecule has 0 aromatic carbocycles. The lowest BCUT2D eigenvalue weighted by Gasteiger charge is -2.36. The van der Waals surface area contributed by atoms with E-state index < -0.39 is 6.10 Å². The molecule has 0 bridgehead atoms. The lowest BCUT2D eigenvalue weighted by Crippen LogP contribution is -2.56. The van der Waals surface area contributed by atoms with E-state index in [1.165, 1.54) is 0 Å². The summed E-state index contributed by atoms with van der Waals surface area (Å²) in [5.74, 6) is -0.0379. The van der Waals surface area contributed by atoms with Crippen LogP contribution in [-0.4, -0.2) is 50.5 Å². The number of ether oxygens (including phenoxy) is 2. The molecule has 6 heteroatoms. The van der Waals surface area contributed by atoms with Gasteiger partial charge in [0.25, 0.3) is 5.91 Å². The summed E-state index contributed by atoms with van der Waals surface area (Å²) < 4.78 is 10.6. The van der Waals surface area contributed by atoms with E-state index in [0.717, 1.165) is 25.9 Å². The van der Waals surface area contributed by atoms with Gasteiger partial charge in [0.15, 0.2) is 6.10 Å². The van der Waals surface area contributed by atoms with Gasteiger partial charge in [-0.05, 0) is 32.9 Å². The molecule has 0 spiro atoms. The van der Waals surface area contributed by atoms with E-state index >= 15 is 0 Å². The minimum atomic E-state index is -0.430. The van der Waals surface area contributed by atoms with Crippen LogP contribution in [0.5, 0.6) is 0 Å². The molecule has 2 aliphatic heterocycles. The zero-order valence-electron chi connectivity index (χ0n) is 10.2. The Morgan fingerprint density at radius 2 is 2.06 bits per heavy atom. The number of amides is 1. The summed E-state index contributed by atoms with van der Waals surface area (Å²) in [7, 11) is 0. The van der Waals surface area contributed by atoms with Crippen molar-refractivity contribution in [3.05, 3.63) is 0 Å². The van der Waals surface area contributed by atoms with E-state index in [4.69, 9.17) is 9.47 Å². The average molecular weight is 265 g/mol. The first-order chi connectivity index (χ1) is 7.70. The lowest BCUT2D eigenvalue weighted by atomic mass is 9.90. The summed E-state index contributed by atoms with van der Waals surface area (Å²) in [6, 6.07) is 0. The van der Waals surface area contributed by atoms with Gasteiger partial charge in [-0.2, -0.15) is 0 Å². The molecule has 17 heavy (non-hydrogen) atoms. The lowest BCUT2D eigenvalue weighted by molar-refractivity contribution is -0.149. The van der Waals surface area contributed by atoms with E-state index in [1.54, 1.807) is 0 Å². The summed E-state index contributed by atoms with van der Waals surface area (Å²) in [5.41, 5.74) is -0.0941. The Labute approximate surface area is 108 Å². The Hall–Kier alpha value is -0.360. The number of halogens is 1. The Morgan fingerprint density at radius 1 is 1.35 bits per heavy atom. The highest BCUT2D eigenvalue weighted by Crippen LogP contribution is 2.17. The summed E-state index contributed by atoms with van der Waals surface area (Å²) in [5, 5.41) is 6.37. The van der Waals surface area contributed by atoms with Crippen molar-refractivity contribution in [1.29, 1.82) is 0 Å². The van der Waals surface area contributed by atoms with Crippen LogP contribution in [-0.2, 0) is 14.3 Å². The van der Waals surface area contributed by atoms with Gasteiger partial charge in [-0.25, -0.2) is 0 Å². The number of carbonyl (C=O) groups is 1. The predicted octanol–water partition coefficient (Wildman–Crippen LogP) is 0.0819. The molecular weight excluding hydrogens is 244 g/mol. The Balaban J connectivity index is 0.00000144. The van der Waals surface area contributed by atoms with E-state index in [1.807, 2.05) is 0 Å². The fourth-order valence-corrected chi connectivity index (χ4v) is 2.12. The first kappa shape index (κ1) is 14.7. The summed E-state index contributed by atoms with van der Waals surface area (Å²) >= 11 is 0. The van der Waals surface area contributed by atoms with Gasteiger partial charge in [0, 0.05) is 5.54 Å². The molecule has 0 aliphatic carbocycles. The van der Waals surface area contributed by atoms with Gasteiger partial charge in [-0.1, -0.05) is 0 Å². The smallest absolute Gasteiger partial charge is 0.251 e. The maximum Gasteiger partial charge on any atom is 0.251 e. The first-order valence-corrected chi connectivity index (χ1v) is 5.92. The largest absolute Gasteiger partial charge is 0.376 e. The van der Waals surface area contributed by atoms with Gasteiger partial charge in [0.2, 0.25) is 0 Å². The van der Waals surface area contributed by atoms with Crippen LogP contribution in [0.1, 0.15) is 19.8 Å². The summed E-state index contributed by atoms with van der Waals surface area (Å²) in [6.07, 6.45) is 1.50. The topological polar surface area (TPSA) is 59.6 Å². The van der Waals surface area contributed by atoms with Crippen LogP contribution >= 0.6 is 12.4 Å². The molecule has 100 valence electrons. The SMILES string of the molecule is CC1(NC(=O)C2COCCO2)CCNCC1.Cl. The van der Waals surface area contributed by atoms with Crippen molar-refractivity contribution in [1.82, 2.24) is 10.6 Å². The van der Waals surface area contributed by atoms with E-state index in [9.17, 15) is 4.79 Å². The third-order valence-electron chi connectivity index (χ3n) is 3.24. The van der Waals surface area contributed by atoms with Crippen molar-refractivity contribution in [2.24, 2.45) is 0 Å². The Bertz CT molecular complexity index is 251. The van der Waals surface area contributed by atoms with Crippen molar-refractivity contribution >= 4 is 18.3 Å². The maximum absolute atomic E-state index is 11.9. The van der Waals surface area contributed by atoms with Crippen molar-refractivity contribution in [3.63, 3.8) is 0 Å². The zero-order valence-corrected chi connectivity index (χ0v) is 11.0. The first-order valence-electron chi connectivity index (χ1n) is 5.92. The molecule has 2 heterocycles. The van der Waals surface area contributed by atoms with Crippen molar-refractivity contribution in [2.75, 3.05) is 32.9 Å². The maximum atomic E-state index is 11.9. The van der Waals surface area contributed by atoms with Crippen LogP contribution in [0.4, 0.5) is 0 Å². The second kappa shape index (κ2) is 6.54. The third-order valence-corrected chi connectivity index (χ3v) is 3.24. The number of carbonyl (C=O) groups excluding carboxylic acids is 1. The molecule has 1 atom stereocenters. The van der Waals surface area contributed by atoms with E-state index in [2.05, 4.69) is 17.6 Å². The highest BCUT2D eigenvalue weighted by atomic mass is 35.5. The minimum absolute atomic E-state index is 0. The average Bonchev–Trinajstić information content (AvgIpc) is 2.30. The highest BCUT2D eigenvalue weighted by Gasteiger charge is 2.32. The molecule has 2 saturated heterocycles. The van der Waals surface area contributed by atoms with Crippen molar-refractivity contribution in [3.8, 4) is 0 Å². The Kier molecular flexibility index (Phi) is 5.66. The van der Waals surface area contributed by atoms with E-state index in [-0.39, 0.29) is 23.9 Å². The van der Waals surface area contributed by atoms with Gasteiger partial charge in [-0.3, -0.25) is 4.79 Å². The molecule has 2 rings (SSSR count). The number of hydrogen-bond acceptors (Lipinski definition) is 4. The van der Waals surface area contributed by atoms with Crippen LogP contribution in [0.3, 0.4) is 0 Å². The number of nitrogens with one attached hydrogen (secondary N) is 2. The van der Waals surface area contributed by atoms with Gasteiger partial charge in [0.1, 0.15) is 0 Å². The predicted molar refractivity (Wildman–Crippen MR) is 66.5 cm³/mol. The quantitative estimate of drug-likeness (QED) is 0.742. The minimum Gasteiger partial charge on any atom is -0.376 e. The normalized spacial score (nSPS) is 27.9. The molecule has 2 fully saturated rings. The zero-order chi connectivity index (χ0) is 11.4. The second-order valence-corrected chi connectivity index (χ2v) is 4.73. The molecule has 1 amide bonds. The van der Waals surface area contributed by atoms with E-state index in [0.29, 0.717) is 19.8 Å². The van der Waals surface area contributed by atoms with Gasteiger partial charge >= 0.3 is 0 Å². The molecule has 0 aromatic heterocycles. The van der Waals surface area contributed by atoms with Gasteiger partial charge < -0.3 is 20.1 Å². The molecule has 2 N–H and O–H groups in total. The van der Waals surface area contributed by atoms with Gasteiger partial charge in [0.05, 0.1) is 19.8 Å². The van der Waals surface area contributed by atoms with Crippen LogP contribution in [0.2, 0.25) is 0 Å². The van der Waals surface area contributed by atoms with Crippen LogP contribution < -0.4 is 10.6 Å². The molecule has 0 aromatic rings. The molecule has 0 saturated carbocycles. The highest BCUT2D eigenvalue weighted by molar-refractivity contribution is 5.85. The third kappa shape index (κ3) is 4.10. The molecule has 0 radical (unpaired) electrons. The second-order valence-electron chi connectivity index (χ2n) is 4.73. The van der Waals surface area contributed by atoms with Crippen LogP contribution in [0.25, 0.3) is 0 Å². The number of rotatable bonds is 2.